The molecule has 0 amide bonds. The largest absolute Gasteiger partial charge is 0.299 e. The minimum Gasteiger partial charge on any atom is -0.299 e. The van der Waals surface area contributed by atoms with Crippen molar-refractivity contribution in [1.29, 1.82) is 0 Å². The summed E-state index contributed by atoms with van der Waals surface area (Å²) in [5.41, 5.74) is 0.776. The highest BCUT2D eigenvalue weighted by molar-refractivity contribution is 6.31. The number of non-ortho nitro benzene ring substituents is 1. The van der Waals surface area contributed by atoms with E-state index < -0.39 is 4.92 Å². The van der Waals surface area contributed by atoms with Crippen molar-refractivity contribution in [2.75, 3.05) is 0 Å². The molecule has 1 aromatic carbocycles. The van der Waals surface area contributed by atoms with Gasteiger partial charge >= 0.3 is 0 Å². The molecule has 1 saturated carbocycles. The van der Waals surface area contributed by atoms with Crippen LogP contribution >= 0.6 is 11.6 Å². The van der Waals surface area contributed by atoms with Crippen LogP contribution in [0.4, 0.5) is 5.69 Å². The molecule has 0 heterocycles. The highest BCUT2D eigenvalue weighted by Crippen LogP contribution is 2.32. The molecule has 4 nitrogen and oxygen atoms in total. The second-order valence-electron chi connectivity index (χ2n) is 4.27. The first-order chi connectivity index (χ1) is 8.08. The molecule has 5 heteroatoms. The highest BCUT2D eigenvalue weighted by atomic mass is 35.5. The molecule has 0 bridgehead atoms. The van der Waals surface area contributed by atoms with Gasteiger partial charge in [0.05, 0.1) is 9.95 Å². The van der Waals surface area contributed by atoms with Gasteiger partial charge in [0.25, 0.3) is 5.69 Å². The van der Waals surface area contributed by atoms with Gasteiger partial charge in [0.1, 0.15) is 5.78 Å². The lowest BCUT2D eigenvalue weighted by atomic mass is 10.1. The Bertz CT molecular complexity index is 469. The summed E-state index contributed by atoms with van der Waals surface area (Å²) < 4.78 is 0. The fourth-order valence-electron chi connectivity index (χ4n) is 1.72. The van der Waals surface area contributed by atoms with Crippen LogP contribution in [-0.2, 0) is 11.2 Å². The molecular formula is C12H12ClNO3. The van der Waals surface area contributed by atoms with Gasteiger partial charge in [-0.05, 0) is 24.8 Å². The Morgan fingerprint density at radius 1 is 1.47 bits per heavy atom. The number of aryl methyl sites for hydroxylation is 1. The average Bonchev–Trinajstić information content (AvgIpc) is 3.10. The number of Topliss-reactive ketones (excluding diaryl/α,β-unsaturated/α-hetero) is 1. The summed E-state index contributed by atoms with van der Waals surface area (Å²) in [6.45, 7) is 0. The fraction of sp³-hybridized carbons (Fsp3) is 0.417. The van der Waals surface area contributed by atoms with Crippen LogP contribution < -0.4 is 0 Å². The predicted molar refractivity (Wildman–Crippen MR) is 64.2 cm³/mol. The van der Waals surface area contributed by atoms with Crippen molar-refractivity contribution >= 4 is 23.1 Å². The van der Waals surface area contributed by atoms with Gasteiger partial charge < -0.3 is 0 Å². The number of hydrogen-bond acceptors (Lipinski definition) is 3. The Balaban J connectivity index is 2.00. The number of rotatable bonds is 5. The maximum absolute atomic E-state index is 11.5. The van der Waals surface area contributed by atoms with E-state index >= 15 is 0 Å². The van der Waals surface area contributed by atoms with Crippen molar-refractivity contribution in [3.05, 3.63) is 38.9 Å². The van der Waals surface area contributed by atoms with Crippen LogP contribution in [0.1, 0.15) is 24.8 Å². The topological polar surface area (TPSA) is 60.2 Å². The van der Waals surface area contributed by atoms with Gasteiger partial charge in [-0.15, -0.1) is 0 Å². The Labute approximate surface area is 104 Å². The van der Waals surface area contributed by atoms with Crippen LogP contribution in [0, 0.1) is 16.0 Å². The van der Waals surface area contributed by atoms with Crippen molar-refractivity contribution < 1.29 is 9.72 Å². The minimum absolute atomic E-state index is 0.0210. The molecular weight excluding hydrogens is 242 g/mol. The van der Waals surface area contributed by atoms with Gasteiger partial charge in [-0.25, -0.2) is 0 Å². The molecule has 1 aromatic rings. The van der Waals surface area contributed by atoms with E-state index in [0.717, 1.165) is 18.4 Å². The quantitative estimate of drug-likeness (QED) is 0.598. The highest BCUT2D eigenvalue weighted by Gasteiger charge is 2.28. The third kappa shape index (κ3) is 3.03. The molecule has 0 unspecified atom stereocenters. The van der Waals surface area contributed by atoms with Crippen LogP contribution in [0.2, 0.25) is 5.02 Å². The molecule has 2 rings (SSSR count). The summed E-state index contributed by atoms with van der Waals surface area (Å²) in [5, 5.41) is 10.9. The normalized spacial score (nSPS) is 14.6. The maximum atomic E-state index is 11.5. The third-order valence-corrected chi connectivity index (χ3v) is 3.27. The molecule has 0 aliphatic heterocycles. The van der Waals surface area contributed by atoms with Crippen LogP contribution in [0.3, 0.4) is 0 Å². The predicted octanol–water partition coefficient (Wildman–Crippen LogP) is 3.16. The van der Waals surface area contributed by atoms with E-state index in [1.54, 1.807) is 6.07 Å². The van der Waals surface area contributed by atoms with Crippen molar-refractivity contribution in [3.8, 4) is 0 Å². The number of carbonyl (C=O) groups is 1. The van der Waals surface area contributed by atoms with Gasteiger partial charge in [0, 0.05) is 24.5 Å². The molecule has 0 atom stereocenters. The molecule has 0 saturated heterocycles. The number of hydrogen-bond donors (Lipinski definition) is 0. The first kappa shape index (κ1) is 12.0. The van der Waals surface area contributed by atoms with Crippen LogP contribution in [-0.4, -0.2) is 10.7 Å². The van der Waals surface area contributed by atoms with E-state index in [9.17, 15) is 14.9 Å². The van der Waals surface area contributed by atoms with E-state index in [1.807, 2.05) is 0 Å². The molecule has 0 spiro atoms. The second-order valence-corrected chi connectivity index (χ2v) is 4.68. The molecule has 1 fully saturated rings. The summed E-state index contributed by atoms with van der Waals surface area (Å²) in [7, 11) is 0. The van der Waals surface area contributed by atoms with Crippen LogP contribution in [0.5, 0.6) is 0 Å². The van der Waals surface area contributed by atoms with E-state index in [-0.39, 0.29) is 17.4 Å². The van der Waals surface area contributed by atoms with E-state index in [2.05, 4.69) is 0 Å². The molecule has 90 valence electrons. The number of nitro benzene ring substituents is 1. The van der Waals surface area contributed by atoms with Crippen LogP contribution in [0.25, 0.3) is 0 Å². The van der Waals surface area contributed by atoms with E-state index in [1.165, 1.54) is 12.1 Å². The van der Waals surface area contributed by atoms with Gasteiger partial charge in [-0.1, -0.05) is 17.7 Å². The summed E-state index contributed by atoms with van der Waals surface area (Å²) in [6.07, 6.45) is 3.05. The first-order valence-corrected chi connectivity index (χ1v) is 5.91. The minimum atomic E-state index is -0.481. The summed E-state index contributed by atoms with van der Waals surface area (Å²) in [5.74, 6) is 0.534. The first-order valence-electron chi connectivity index (χ1n) is 5.53. The molecule has 1 aliphatic rings. The zero-order valence-corrected chi connectivity index (χ0v) is 9.94. The number of nitro groups is 1. The van der Waals surface area contributed by atoms with Crippen LogP contribution in [0.15, 0.2) is 18.2 Å². The zero-order chi connectivity index (χ0) is 12.4. The van der Waals surface area contributed by atoms with Crippen molar-refractivity contribution in [2.24, 2.45) is 5.92 Å². The second kappa shape index (κ2) is 4.84. The van der Waals surface area contributed by atoms with Gasteiger partial charge in [0.2, 0.25) is 0 Å². The molecule has 17 heavy (non-hydrogen) atoms. The average molecular weight is 254 g/mol. The fourth-order valence-corrected chi connectivity index (χ4v) is 1.99. The Hall–Kier alpha value is -1.42. The summed E-state index contributed by atoms with van der Waals surface area (Å²) in [6, 6.07) is 4.38. The Morgan fingerprint density at radius 3 is 2.71 bits per heavy atom. The Morgan fingerprint density at radius 2 is 2.18 bits per heavy atom. The Kier molecular flexibility index (Phi) is 3.43. The maximum Gasteiger partial charge on any atom is 0.270 e. The van der Waals surface area contributed by atoms with Crippen molar-refractivity contribution in [2.45, 2.75) is 25.7 Å². The zero-order valence-electron chi connectivity index (χ0n) is 9.19. The third-order valence-electron chi connectivity index (χ3n) is 2.92. The SMILES string of the molecule is O=C(CCc1ccc([N+](=O)[O-])cc1Cl)C1CC1. The number of halogens is 1. The standard InChI is InChI=1S/C12H12ClNO3/c13-11-7-10(14(16)17)5-3-8(11)4-6-12(15)9-1-2-9/h3,5,7,9H,1-2,4,6H2. The number of nitrogens with zero attached hydrogens (tertiary/aromatic N) is 1. The van der Waals surface area contributed by atoms with E-state index in [0.29, 0.717) is 17.9 Å². The number of carbonyl (C=O) groups excluding carboxylic acids is 1. The number of benzene rings is 1. The van der Waals surface area contributed by atoms with Gasteiger partial charge in [-0.3, -0.25) is 14.9 Å². The molecule has 0 aromatic heterocycles. The van der Waals surface area contributed by atoms with Crippen molar-refractivity contribution in [1.82, 2.24) is 0 Å². The molecule has 0 N–H and O–H groups in total. The molecule has 1 aliphatic carbocycles. The van der Waals surface area contributed by atoms with E-state index in [4.69, 9.17) is 11.6 Å². The summed E-state index contributed by atoms with van der Waals surface area (Å²) >= 11 is 5.94. The number of ketones is 1. The van der Waals surface area contributed by atoms with Crippen molar-refractivity contribution in [3.63, 3.8) is 0 Å². The van der Waals surface area contributed by atoms with Gasteiger partial charge in [0.15, 0.2) is 0 Å². The lowest BCUT2D eigenvalue weighted by molar-refractivity contribution is -0.384. The molecule has 0 radical (unpaired) electrons. The monoisotopic (exact) mass is 253 g/mol. The summed E-state index contributed by atoms with van der Waals surface area (Å²) in [4.78, 5) is 21.6. The lowest BCUT2D eigenvalue weighted by Crippen LogP contribution is -2.02. The van der Waals surface area contributed by atoms with Gasteiger partial charge in [-0.2, -0.15) is 0 Å². The smallest absolute Gasteiger partial charge is 0.270 e. The lowest BCUT2D eigenvalue weighted by Gasteiger charge is -2.03.